The average molecular weight is 411 g/mol. The third kappa shape index (κ3) is 3.64. The fraction of sp³-hybridized carbons (Fsp3) is 0.120. The maximum Gasteiger partial charge on any atom is 0.337 e. The smallest absolute Gasteiger partial charge is 0.337 e. The Bertz CT molecular complexity index is 1320. The van der Waals surface area contributed by atoms with Crippen molar-refractivity contribution in [1.29, 1.82) is 0 Å². The number of carboxylic acid groups (broad SMARTS) is 1. The lowest BCUT2D eigenvalue weighted by Crippen LogP contribution is -2.10. The van der Waals surface area contributed by atoms with E-state index in [4.69, 9.17) is 5.73 Å². The highest BCUT2D eigenvalue weighted by Gasteiger charge is 2.25. The van der Waals surface area contributed by atoms with Gasteiger partial charge >= 0.3 is 5.97 Å². The molecule has 1 amide bonds. The third-order valence-electron chi connectivity index (χ3n) is 5.72. The van der Waals surface area contributed by atoms with E-state index < -0.39 is 11.9 Å². The molecule has 0 radical (unpaired) electrons. The summed E-state index contributed by atoms with van der Waals surface area (Å²) in [5.41, 5.74) is 10.5. The van der Waals surface area contributed by atoms with Gasteiger partial charge in [-0.3, -0.25) is 4.79 Å². The van der Waals surface area contributed by atoms with Gasteiger partial charge in [0.05, 0.1) is 16.8 Å². The van der Waals surface area contributed by atoms with E-state index in [0.717, 1.165) is 40.7 Å². The molecular formula is C25H21N3O3. The molecule has 1 aromatic heterocycles. The fourth-order valence-electron chi connectivity index (χ4n) is 3.91. The number of primary amides is 1. The molecule has 0 spiro atoms. The summed E-state index contributed by atoms with van der Waals surface area (Å²) in [7, 11) is 0. The Hall–Kier alpha value is -4.06. The molecule has 6 heteroatoms. The number of nitrogens with one attached hydrogen (secondary N) is 1. The second-order valence-electron chi connectivity index (χ2n) is 7.88. The van der Waals surface area contributed by atoms with Gasteiger partial charge in [-0.25, -0.2) is 4.79 Å². The van der Waals surface area contributed by atoms with Crippen LogP contribution in [0, 0.1) is 0 Å². The zero-order valence-corrected chi connectivity index (χ0v) is 16.7. The van der Waals surface area contributed by atoms with Gasteiger partial charge in [0.15, 0.2) is 0 Å². The summed E-state index contributed by atoms with van der Waals surface area (Å²) in [6.07, 6.45) is 4.22. The minimum Gasteiger partial charge on any atom is -0.478 e. The number of nitrogens with zero attached hydrogens (tertiary/aromatic N) is 1. The largest absolute Gasteiger partial charge is 0.478 e. The Kier molecular flexibility index (Phi) is 4.47. The van der Waals surface area contributed by atoms with Crippen LogP contribution in [0.4, 0.5) is 11.4 Å². The first-order valence-electron chi connectivity index (χ1n) is 10.2. The highest BCUT2D eigenvalue weighted by atomic mass is 16.4. The number of rotatable bonds is 6. The average Bonchev–Trinajstić information content (AvgIpc) is 3.53. The summed E-state index contributed by atoms with van der Waals surface area (Å²) in [4.78, 5) is 23.1. The number of hydrogen-bond donors (Lipinski definition) is 3. The quantitative estimate of drug-likeness (QED) is 0.414. The molecule has 1 aliphatic carbocycles. The zero-order chi connectivity index (χ0) is 21.5. The van der Waals surface area contributed by atoms with Gasteiger partial charge in [0.2, 0.25) is 5.91 Å². The second kappa shape index (κ2) is 7.32. The SMILES string of the molecule is NC(=O)c1ccc(-n2ccc3cc(Nc4ccc(C5CC5)cc4C(=O)O)ccc32)cc1. The van der Waals surface area contributed by atoms with Gasteiger partial charge in [-0.05, 0) is 85.0 Å². The van der Waals surface area contributed by atoms with Crippen LogP contribution in [-0.2, 0) is 0 Å². The zero-order valence-electron chi connectivity index (χ0n) is 16.7. The lowest BCUT2D eigenvalue weighted by molar-refractivity contribution is 0.0697. The molecule has 0 saturated heterocycles. The van der Waals surface area contributed by atoms with E-state index in [-0.39, 0.29) is 5.56 Å². The number of aromatic carboxylic acids is 1. The van der Waals surface area contributed by atoms with Crippen molar-refractivity contribution in [3.63, 3.8) is 0 Å². The van der Waals surface area contributed by atoms with Crippen molar-refractivity contribution in [2.75, 3.05) is 5.32 Å². The van der Waals surface area contributed by atoms with Crippen molar-refractivity contribution in [3.05, 3.63) is 89.6 Å². The molecular weight excluding hydrogens is 390 g/mol. The number of carbonyl (C=O) groups is 2. The highest BCUT2D eigenvalue weighted by Crippen LogP contribution is 2.41. The topological polar surface area (TPSA) is 97.4 Å². The van der Waals surface area contributed by atoms with Crippen LogP contribution < -0.4 is 11.1 Å². The number of benzene rings is 3. The molecule has 4 aromatic rings. The molecule has 5 rings (SSSR count). The van der Waals surface area contributed by atoms with E-state index in [2.05, 4.69) is 5.32 Å². The van der Waals surface area contributed by atoms with Gasteiger partial charge in [-0.1, -0.05) is 6.07 Å². The first kappa shape index (κ1) is 18.9. The first-order valence-corrected chi connectivity index (χ1v) is 10.2. The van der Waals surface area contributed by atoms with Crippen LogP contribution in [-0.4, -0.2) is 21.6 Å². The van der Waals surface area contributed by atoms with Crippen molar-refractivity contribution < 1.29 is 14.7 Å². The molecule has 3 aromatic carbocycles. The van der Waals surface area contributed by atoms with Crippen molar-refractivity contribution in [2.24, 2.45) is 5.73 Å². The molecule has 31 heavy (non-hydrogen) atoms. The van der Waals surface area contributed by atoms with E-state index in [0.29, 0.717) is 17.2 Å². The summed E-state index contributed by atoms with van der Waals surface area (Å²) in [6.45, 7) is 0. The molecule has 0 atom stereocenters. The molecule has 0 bridgehead atoms. The predicted octanol–water partition coefficient (Wildman–Crippen LogP) is 5.05. The number of fused-ring (bicyclic) bond motifs is 1. The molecule has 154 valence electrons. The number of carboxylic acids is 1. The van der Waals surface area contributed by atoms with Crippen molar-refractivity contribution >= 4 is 34.2 Å². The molecule has 0 unspecified atom stereocenters. The third-order valence-corrected chi connectivity index (χ3v) is 5.72. The van der Waals surface area contributed by atoms with Gasteiger partial charge < -0.3 is 20.7 Å². The van der Waals surface area contributed by atoms with Crippen LogP contribution >= 0.6 is 0 Å². The summed E-state index contributed by atoms with van der Waals surface area (Å²) < 4.78 is 2.02. The molecule has 4 N–H and O–H groups in total. The Balaban J connectivity index is 1.45. The van der Waals surface area contributed by atoms with Crippen LogP contribution in [0.1, 0.15) is 45.0 Å². The summed E-state index contributed by atoms with van der Waals surface area (Å²) in [5, 5.41) is 13.9. The monoisotopic (exact) mass is 411 g/mol. The van der Waals surface area contributed by atoms with Crippen LogP contribution in [0.25, 0.3) is 16.6 Å². The molecule has 1 heterocycles. The van der Waals surface area contributed by atoms with E-state index in [1.54, 1.807) is 18.2 Å². The highest BCUT2D eigenvalue weighted by molar-refractivity contribution is 5.96. The summed E-state index contributed by atoms with van der Waals surface area (Å²) in [5.74, 6) is -0.887. The minimum atomic E-state index is -0.934. The Labute approximate surface area is 178 Å². The van der Waals surface area contributed by atoms with Crippen molar-refractivity contribution in [2.45, 2.75) is 18.8 Å². The fourth-order valence-corrected chi connectivity index (χ4v) is 3.91. The standard InChI is InChI=1S/C25H21N3O3/c26-24(29)16-3-7-20(8-4-16)28-12-11-18-13-19(6-10-23(18)28)27-22-9-5-17(15-1-2-15)14-21(22)25(30)31/h3-15,27H,1-2H2,(H2,26,29)(H,30,31). The van der Waals surface area contributed by atoms with Gasteiger partial charge in [0, 0.05) is 28.5 Å². The van der Waals surface area contributed by atoms with Crippen LogP contribution in [0.5, 0.6) is 0 Å². The number of amides is 1. The van der Waals surface area contributed by atoms with E-state index in [1.165, 1.54) is 0 Å². The maximum atomic E-state index is 11.8. The molecule has 6 nitrogen and oxygen atoms in total. The Morgan fingerprint density at radius 2 is 1.74 bits per heavy atom. The van der Waals surface area contributed by atoms with Crippen LogP contribution in [0.15, 0.2) is 72.9 Å². The molecule has 1 aliphatic rings. The Morgan fingerprint density at radius 1 is 0.968 bits per heavy atom. The lowest BCUT2D eigenvalue weighted by Gasteiger charge is -2.12. The van der Waals surface area contributed by atoms with Gasteiger partial charge in [-0.15, -0.1) is 0 Å². The summed E-state index contributed by atoms with van der Waals surface area (Å²) in [6, 6.07) is 20.7. The van der Waals surface area contributed by atoms with E-state index >= 15 is 0 Å². The molecule has 0 aliphatic heterocycles. The predicted molar refractivity (Wildman–Crippen MR) is 120 cm³/mol. The molecule has 1 fully saturated rings. The number of anilines is 2. The van der Waals surface area contributed by atoms with E-state index in [1.807, 2.05) is 59.3 Å². The lowest BCUT2D eigenvalue weighted by atomic mass is 10.0. The number of aromatic nitrogens is 1. The second-order valence-corrected chi connectivity index (χ2v) is 7.88. The van der Waals surface area contributed by atoms with Crippen LogP contribution in [0.3, 0.4) is 0 Å². The van der Waals surface area contributed by atoms with Gasteiger partial charge in [0.25, 0.3) is 0 Å². The number of nitrogens with two attached hydrogens (primary N) is 1. The summed E-state index contributed by atoms with van der Waals surface area (Å²) >= 11 is 0. The van der Waals surface area contributed by atoms with E-state index in [9.17, 15) is 14.7 Å². The maximum absolute atomic E-state index is 11.8. The molecule has 1 saturated carbocycles. The minimum absolute atomic E-state index is 0.289. The first-order chi connectivity index (χ1) is 15.0. The van der Waals surface area contributed by atoms with Crippen LogP contribution in [0.2, 0.25) is 0 Å². The van der Waals surface area contributed by atoms with Crippen molar-refractivity contribution in [1.82, 2.24) is 4.57 Å². The van der Waals surface area contributed by atoms with Crippen molar-refractivity contribution in [3.8, 4) is 5.69 Å². The Morgan fingerprint density at radius 3 is 2.42 bits per heavy atom. The van der Waals surface area contributed by atoms with Gasteiger partial charge in [-0.2, -0.15) is 0 Å². The number of hydrogen-bond acceptors (Lipinski definition) is 3. The number of carbonyl (C=O) groups excluding carboxylic acids is 1. The van der Waals surface area contributed by atoms with Gasteiger partial charge in [0.1, 0.15) is 0 Å². The normalized spacial score (nSPS) is 13.3.